The summed E-state index contributed by atoms with van der Waals surface area (Å²) in [6, 6.07) is 11.6. The van der Waals surface area contributed by atoms with Gasteiger partial charge in [-0.2, -0.15) is 23.3 Å². The maximum atomic E-state index is 14.1. The summed E-state index contributed by atoms with van der Waals surface area (Å²) >= 11 is 0. The van der Waals surface area contributed by atoms with Gasteiger partial charge in [-0.05, 0) is 81.7 Å². The number of carbonyl (C=O) groups is 1. The van der Waals surface area contributed by atoms with Gasteiger partial charge in [0.25, 0.3) is 5.91 Å². The molecule has 16 heteroatoms. The second-order valence-electron chi connectivity index (χ2n) is 11.6. The Hall–Kier alpha value is -4.30. The number of unbranched alkanes of at least 4 members (excludes halogenated alkanes) is 1. The van der Waals surface area contributed by atoms with Crippen LogP contribution >= 0.6 is 7.60 Å². The van der Waals surface area contributed by atoms with E-state index in [-0.39, 0.29) is 36.6 Å². The molecule has 0 saturated heterocycles. The van der Waals surface area contributed by atoms with Crippen LogP contribution in [0, 0.1) is 0 Å². The summed E-state index contributed by atoms with van der Waals surface area (Å²) < 4.78 is 67.8. The fourth-order valence-electron chi connectivity index (χ4n) is 5.38. The second-order valence-corrected chi connectivity index (χ2v) is 13.6. The quantitative estimate of drug-likeness (QED) is 0.0642. The van der Waals surface area contributed by atoms with Crippen molar-refractivity contribution < 1.29 is 31.6 Å². The van der Waals surface area contributed by atoms with Crippen molar-refractivity contribution in [3.63, 3.8) is 0 Å². The lowest BCUT2D eigenvalue weighted by molar-refractivity contribution is -0.137. The average Bonchev–Trinajstić information content (AvgIpc) is 3.58. The topological polar surface area (TPSA) is 136 Å². The molecule has 0 spiro atoms. The molecule has 12 nitrogen and oxygen atoms in total. The lowest BCUT2D eigenvalue weighted by atomic mass is 10.0. The van der Waals surface area contributed by atoms with Crippen LogP contribution in [-0.2, 0) is 32.5 Å². The Kier molecular flexibility index (Phi) is 14.1. The van der Waals surface area contributed by atoms with Crippen LogP contribution in [0.25, 0.3) is 11.1 Å². The van der Waals surface area contributed by atoms with Gasteiger partial charge in [0, 0.05) is 37.2 Å². The minimum absolute atomic E-state index is 0.0613. The number of aryl methyl sites for hydroxylation is 1. The van der Waals surface area contributed by atoms with Crippen molar-refractivity contribution in [2.24, 2.45) is 0 Å². The Morgan fingerprint density at radius 2 is 1.65 bits per heavy atom. The van der Waals surface area contributed by atoms with Crippen molar-refractivity contribution in [3.05, 3.63) is 77.7 Å². The average molecular weight is 731 g/mol. The monoisotopic (exact) mass is 730 g/mol. The smallest absolute Gasteiger partial charge is 0.355 e. The summed E-state index contributed by atoms with van der Waals surface area (Å²) in [7, 11) is -1.88. The predicted octanol–water partition coefficient (Wildman–Crippen LogP) is 8.09. The first-order valence-electron chi connectivity index (χ1n) is 17.0. The summed E-state index contributed by atoms with van der Waals surface area (Å²) in [5.74, 6) is -1.15. The van der Waals surface area contributed by atoms with Crippen LogP contribution in [0.3, 0.4) is 0 Å². The van der Waals surface area contributed by atoms with E-state index < -0.39 is 31.1 Å². The van der Waals surface area contributed by atoms with Crippen LogP contribution in [0.1, 0.15) is 62.0 Å². The number of amides is 1. The van der Waals surface area contributed by atoms with Crippen LogP contribution in [0.2, 0.25) is 0 Å². The minimum Gasteiger partial charge on any atom is -0.355 e. The van der Waals surface area contributed by atoms with E-state index in [0.29, 0.717) is 23.0 Å². The lowest BCUT2D eigenvalue weighted by Gasteiger charge is -2.18. The Morgan fingerprint density at radius 3 is 2.27 bits per heavy atom. The first-order valence-corrected chi connectivity index (χ1v) is 18.7. The van der Waals surface area contributed by atoms with E-state index in [1.54, 1.807) is 62.5 Å². The van der Waals surface area contributed by atoms with Gasteiger partial charge in [-0.3, -0.25) is 14.0 Å². The molecule has 2 aromatic heterocycles. The summed E-state index contributed by atoms with van der Waals surface area (Å²) in [6.45, 7) is 12.0. The number of hydrogen-bond donors (Lipinski definition) is 3. The molecule has 0 unspecified atom stereocenters. The molecule has 2 heterocycles. The molecule has 4 aromatic rings. The molecule has 0 radical (unpaired) electrons. The number of carbonyl (C=O) groups excluding carboxylic acids is 1. The maximum Gasteiger partial charge on any atom is 0.421 e. The van der Waals surface area contributed by atoms with E-state index in [4.69, 9.17) is 9.05 Å². The minimum atomic E-state index is -4.79. The van der Waals surface area contributed by atoms with Crippen molar-refractivity contribution in [1.29, 1.82) is 0 Å². The van der Waals surface area contributed by atoms with E-state index in [9.17, 15) is 22.5 Å². The van der Waals surface area contributed by atoms with Crippen molar-refractivity contribution >= 4 is 36.6 Å². The Morgan fingerprint density at radius 1 is 0.941 bits per heavy atom. The van der Waals surface area contributed by atoms with Gasteiger partial charge >= 0.3 is 13.8 Å². The number of benzene rings is 2. The molecule has 0 aliphatic heterocycles. The van der Waals surface area contributed by atoms with Crippen molar-refractivity contribution in [2.75, 3.05) is 50.5 Å². The van der Waals surface area contributed by atoms with Crippen LogP contribution in [-0.4, -0.2) is 70.5 Å². The third-order valence-corrected chi connectivity index (χ3v) is 10.1. The number of alkyl halides is 3. The van der Waals surface area contributed by atoms with Gasteiger partial charge in [0.05, 0.1) is 36.8 Å². The standard InChI is InChI=1S/C35H46F3N8O4P/c1-6-45(7-2)18-10-11-19-46-23-27(21-41-46)26-14-17-31(29(20-26)33(47)39-5)43-32-30(35(36,37)38)22-40-34(44-32)42-28-15-12-25(13-16-28)24-51(48,49-8-3)50-9-4/h12-17,20-23H,6-11,18-19,24H2,1-5H3,(H,39,47)(H2,40,42,43,44). The van der Waals surface area contributed by atoms with E-state index >= 15 is 0 Å². The maximum absolute atomic E-state index is 14.1. The molecular formula is C35H46F3N8O4P. The molecule has 0 aliphatic carbocycles. The molecule has 0 bridgehead atoms. The van der Waals surface area contributed by atoms with Gasteiger partial charge in [0.2, 0.25) is 5.95 Å². The second kappa shape index (κ2) is 18.3. The molecule has 51 heavy (non-hydrogen) atoms. The third-order valence-electron chi connectivity index (χ3n) is 8.05. The third kappa shape index (κ3) is 11.1. The lowest BCUT2D eigenvalue weighted by Crippen LogP contribution is -2.24. The zero-order valence-electron chi connectivity index (χ0n) is 29.6. The fourth-order valence-corrected chi connectivity index (χ4v) is 7.08. The molecule has 0 fully saturated rings. The molecule has 0 atom stereocenters. The summed E-state index contributed by atoms with van der Waals surface area (Å²) in [6.07, 6.45) is 1.54. The van der Waals surface area contributed by atoms with Gasteiger partial charge in [-0.1, -0.05) is 32.0 Å². The molecule has 0 aliphatic rings. The Balaban J connectivity index is 1.55. The SMILES string of the molecule is CCOP(=O)(Cc1ccc(Nc2ncc(C(F)(F)F)c(Nc3ccc(-c4cnn(CCCCN(CC)CC)c4)cc3C(=O)NC)n2)cc1)OCC. The number of halogens is 3. The summed E-state index contributed by atoms with van der Waals surface area (Å²) in [5, 5.41) is 12.7. The van der Waals surface area contributed by atoms with Crippen LogP contribution in [0.15, 0.2) is 61.1 Å². The van der Waals surface area contributed by atoms with Gasteiger partial charge in [-0.25, -0.2) is 4.98 Å². The van der Waals surface area contributed by atoms with E-state index in [2.05, 4.69) is 49.8 Å². The van der Waals surface area contributed by atoms with E-state index in [1.807, 2.05) is 10.9 Å². The first kappa shape index (κ1) is 39.5. The Labute approximate surface area is 296 Å². The highest BCUT2D eigenvalue weighted by Crippen LogP contribution is 2.51. The Bertz CT molecular complexity index is 1770. The number of aromatic nitrogens is 4. The van der Waals surface area contributed by atoms with Gasteiger partial charge in [-0.15, -0.1) is 0 Å². The highest BCUT2D eigenvalue weighted by atomic mass is 31.2. The number of hydrogen-bond acceptors (Lipinski definition) is 10. The van der Waals surface area contributed by atoms with Gasteiger partial charge in [0.15, 0.2) is 0 Å². The molecule has 2 aromatic carbocycles. The zero-order valence-corrected chi connectivity index (χ0v) is 30.5. The van der Waals surface area contributed by atoms with Crippen LogP contribution in [0.4, 0.5) is 36.3 Å². The van der Waals surface area contributed by atoms with Gasteiger partial charge in [0.1, 0.15) is 11.4 Å². The van der Waals surface area contributed by atoms with Crippen molar-refractivity contribution in [1.82, 2.24) is 30.0 Å². The number of nitrogens with zero attached hydrogens (tertiary/aromatic N) is 5. The van der Waals surface area contributed by atoms with Crippen LogP contribution in [0.5, 0.6) is 0 Å². The number of nitrogens with one attached hydrogen (secondary N) is 3. The number of anilines is 4. The molecule has 1 amide bonds. The molecule has 0 saturated carbocycles. The summed E-state index contributed by atoms with van der Waals surface area (Å²) in [5.41, 5.74) is 1.74. The fraction of sp³-hybridized carbons (Fsp3) is 0.429. The normalized spacial score (nSPS) is 11.9. The highest BCUT2D eigenvalue weighted by Gasteiger charge is 2.36. The molecule has 3 N–H and O–H groups in total. The summed E-state index contributed by atoms with van der Waals surface area (Å²) in [4.78, 5) is 23.4. The predicted molar refractivity (Wildman–Crippen MR) is 193 cm³/mol. The number of rotatable bonds is 19. The van der Waals surface area contributed by atoms with E-state index in [0.717, 1.165) is 44.6 Å². The van der Waals surface area contributed by atoms with Gasteiger partial charge < -0.3 is 29.9 Å². The first-order chi connectivity index (χ1) is 24.4. The zero-order chi connectivity index (χ0) is 37.0. The highest BCUT2D eigenvalue weighted by molar-refractivity contribution is 7.53. The molecule has 276 valence electrons. The van der Waals surface area contributed by atoms with Crippen molar-refractivity contribution in [3.8, 4) is 11.1 Å². The van der Waals surface area contributed by atoms with E-state index in [1.165, 1.54) is 7.05 Å². The van der Waals surface area contributed by atoms with Crippen LogP contribution < -0.4 is 16.0 Å². The molecular weight excluding hydrogens is 684 g/mol. The molecule has 4 rings (SSSR count). The largest absolute Gasteiger partial charge is 0.421 e. The van der Waals surface area contributed by atoms with Crippen molar-refractivity contribution in [2.45, 2.75) is 59.4 Å².